The van der Waals surface area contributed by atoms with Gasteiger partial charge in [0.15, 0.2) is 11.6 Å². The molecule has 7 heteroatoms. The molecule has 0 unspecified atom stereocenters. The quantitative estimate of drug-likeness (QED) is 0.805. The molecule has 1 aromatic rings. The van der Waals surface area contributed by atoms with Crippen molar-refractivity contribution in [2.75, 3.05) is 40.3 Å². The lowest BCUT2D eigenvalue weighted by atomic mass is 10.3. The summed E-state index contributed by atoms with van der Waals surface area (Å²) >= 11 is 0. The van der Waals surface area contributed by atoms with Crippen molar-refractivity contribution in [1.82, 2.24) is 4.31 Å². The first-order chi connectivity index (χ1) is 8.95. The molecule has 0 amide bonds. The van der Waals surface area contributed by atoms with E-state index in [1.54, 1.807) is 0 Å². The number of likely N-dealkylation sites (N-methyl/N-ethyl adjacent to an activating group) is 1. The van der Waals surface area contributed by atoms with Crippen molar-refractivity contribution in [1.29, 1.82) is 0 Å². The summed E-state index contributed by atoms with van der Waals surface area (Å²) in [5, 5.41) is 0. The summed E-state index contributed by atoms with van der Waals surface area (Å²) in [4.78, 5) is 1.28. The highest BCUT2D eigenvalue weighted by Gasteiger charge is 2.29. The predicted octanol–water partition coefficient (Wildman–Crippen LogP) is -0.647. The summed E-state index contributed by atoms with van der Waals surface area (Å²) in [5.41, 5.74) is 0. The lowest BCUT2D eigenvalue weighted by Crippen LogP contribution is -3.12. The first kappa shape index (κ1) is 14.2. The third-order valence-electron chi connectivity index (χ3n) is 3.34. The van der Waals surface area contributed by atoms with Crippen LogP contribution in [-0.4, -0.2) is 53.1 Å². The highest BCUT2D eigenvalue weighted by molar-refractivity contribution is 7.89. The van der Waals surface area contributed by atoms with E-state index >= 15 is 0 Å². The van der Waals surface area contributed by atoms with Gasteiger partial charge in [-0.25, -0.2) is 12.8 Å². The Morgan fingerprint density at radius 2 is 1.95 bits per heavy atom. The second kappa shape index (κ2) is 5.44. The fraction of sp³-hybridized carbons (Fsp3) is 0.500. The molecule has 0 aliphatic carbocycles. The molecule has 1 aliphatic heterocycles. The summed E-state index contributed by atoms with van der Waals surface area (Å²) in [5.74, 6) is -0.620. The highest BCUT2D eigenvalue weighted by atomic mass is 32.2. The van der Waals surface area contributed by atoms with E-state index in [9.17, 15) is 12.8 Å². The molecular weight excluding hydrogens is 271 g/mol. The zero-order chi connectivity index (χ0) is 14.0. The zero-order valence-electron chi connectivity index (χ0n) is 11.0. The minimum absolute atomic E-state index is 0.0228. The number of nitrogens with one attached hydrogen (secondary N) is 1. The Morgan fingerprint density at radius 3 is 2.47 bits per heavy atom. The van der Waals surface area contributed by atoms with E-state index in [4.69, 9.17) is 4.74 Å². The molecule has 0 aromatic heterocycles. The average molecular weight is 289 g/mol. The smallest absolute Gasteiger partial charge is 0.243 e. The third kappa shape index (κ3) is 2.88. The second-order valence-corrected chi connectivity index (χ2v) is 6.60. The van der Waals surface area contributed by atoms with E-state index in [1.165, 1.54) is 28.4 Å². The minimum atomic E-state index is -3.61. The van der Waals surface area contributed by atoms with Gasteiger partial charge in [0.2, 0.25) is 10.0 Å². The van der Waals surface area contributed by atoms with Gasteiger partial charge in [0, 0.05) is 0 Å². The van der Waals surface area contributed by atoms with Crippen LogP contribution >= 0.6 is 0 Å². The first-order valence-electron chi connectivity index (χ1n) is 6.10. The summed E-state index contributed by atoms with van der Waals surface area (Å²) in [6, 6.07) is 3.73. The van der Waals surface area contributed by atoms with E-state index in [1.807, 2.05) is 7.05 Å². The van der Waals surface area contributed by atoms with Crippen LogP contribution in [0.4, 0.5) is 4.39 Å². The molecule has 106 valence electrons. The Balaban J connectivity index is 2.27. The van der Waals surface area contributed by atoms with Crippen molar-refractivity contribution in [3.63, 3.8) is 0 Å². The molecule has 1 aliphatic rings. The number of quaternary nitrogens is 1. The molecule has 0 saturated carbocycles. The molecular formula is C12H18FN2O3S+. The van der Waals surface area contributed by atoms with Crippen LogP contribution in [0.3, 0.4) is 0 Å². The van der Waals surface area contributed by atoms with Gasteiger partial charge in [-0.2, -0.15) is 4.31 Å². The molecule has 1 saturated heterocycles. The number of piperazine rings is 1. The number of hydrogen-bond acceptors (Lipinski definition) is 3. The number of hydrogen-bond donors (Lipinski definition) is 1. The van der Waals surface area contributed by atoms with Crippen molar-refractivity contribution < 1.29 is 22.4 Å². The molecule has 0 bridgehead atoms. The number of benzene rings is 1. The number of sulfonamides is 1. The fourth-order valence-electron chi connectivity index (χ4n) is 2.06. The molecule has 1 fully saturated rings. The second-order valence-electron chi connectivity index (χ2n) is 4.66. The maximum absolute atomic E-state index is 13.6. The molecule has 0 radical (unpaired) electrons. The van der Waals surface area contributed by atoms with E-state index in [-0.39, 0.29) is 10.6 Å². The number of rotatable bonds is 3. The van der Waals surface area contributed by atoms with Gasteiger partial charge >= 0.3 is 0 Å². The molecule has 19 heavy (non-hydrogen) atoms. The minimum Gasteiger partial charge on any atom is -0.494 e. The molecule has 2 rings (SSSR count). The van der Waals surface area contributed by atoms with Gasteiger partial charge in [-0.3, -0.25) is 0 Å². The van der Waals surface area contributed by atoms with Gasteiger partial charge in [-0.1, -0.05) is 0 Å². The van der Waals surface area contributed by atoms with Crippen LogP contribution in [0.25, 0.3) is 0 Å². The lowest BCUT2D eigenvalue weighted by molar-refractivity contribution is -0.883. The topological polar surface area (TPSA) is 51.1 Å². The molecule has 1 N–H and O–H groups in total. The molecule has 1 aromatic carbocycles. The van der Waals surface area contributed by atoms with Crippen LogP contribution in [0.1, 0.15) is 0 Å². The van der Waals surface area contributed by atoms with Gasteiger partial charge in [0.1, 0.15) is 0 Å². The molecule has 1 heterocycles. The van der Waals surface area contributed by atoms with Gasteiger partial charge in [0.05, 0.1) is 45.2 Å². The maximum atomic E-state index is 13.6. The van der Waals surface area contributed by atoms with Gasteiger partial charge in [-0.15, -0.1) is 0 Å². The van der Waals surface area contributed by atoms with E-state index in [0.29, 0.717) is 13.1 Å². The highest BCUT2D eigenvalue weighted by Crippen LogP contribution is 2.23. The Hall–Kier alpha value is -1.18. The van der Waals surface area contributed by atoms with Crippen molar-refractivity contribution in [2.45, 2.75) is 4.90 Å². The maximum Gasteiger partial charge on any atom is 0.243 e. The summed E-state index contributed by atoms with van der Waals surface area (Å²) in [6.07, 6.45) is 0. The van der Waals surface area contributed by atoms with Crippen LogP contribution in [0.5, 0.6) is 5.75 Å². The number of nitrogens with zero attached hydrogens (tertiary/aromatic N) is 1. The monoisotopic (exact) mass is 289 g/mol. The van der Waals surface area contributed by atoms with E-state index in [2.05, 4.69) is 0 Å². The predicted molar refractivity (Wildman–Crippen MR) is 68.3 cm³/mol. The average Bonchev–Trinajstić information content (AvgIpc) is 2.39. The zero-order valence-corrected chi connectivity index (χ0v) is 11.8. The Morgan fingerprint density at radius 1 is 1.32 bits per heavy atom. The van der Waals surface area contributed by atoms with Crippen molar-refractivity contribution in [3.8, 4) is 5.75 Å². The van der Waals surface area contributed by atoms with Gasteiger partial charge in [-0.05, 0) is 18.2 Å². The van der Waals surface area contributed by atoms with E-state index < -0.39 is 15.8 Å². The van der Waals surface area contributed by atoms with Crippen LogP contribution in [-0.2, 0) is 10.0 Å². The number of halogens is 1. The Bertz CT molecular complexity index is 554. The van der Waals surface area contributed by atoms with Gasteiger partial charge < -0.3 is 9.64 Å². The lowest BCUT2D eigenvalue weighted by Gasteiger charge is -2.29. The SMILES string of the molecule is COc1ccc(S(=O)(=O)N2CC[NH+](C)CC2)cc1F. The Kier molecular flexibility index (Phi) is 4.07. The van der Waals surface area contributed by atoms with Crippen LogP contribution in [0.15, 0.2) is 23.1 Å². The summed E-state index contributed by atoms with van der Waals surface area (Å²) in [6.45, 7) is 2.44. The fourth-order valence-corrected chi connectivity index (χ4v) is 3.52. The standard InChI is InChI=1S/C12H17FN2O3S/c1-14-5-7-15(8-6-14)19(16,17)10-3-4-12(18-2)11(13)9-10/h3-4,9H,5-8H2,1-2H3/p+1. The van der Waals surface area contributed by atoms with E-state index in [0.717, 1.165) is 19.2 Å². The number of methoxy groups -OCH3 is 1. The van der Waals surface area contributed by atoms with Crippen molar-refractivity contribution >= 4 is 10.0 Å². The van der Waals surface area contributed by atoms with Crippen LogP contribution < -0.4 is 9.64 Å². The van der Waals surface area contributed by atoms with Crippen LogP contribution in [0.2, 0.25) is 0 Å². The molecule has 0 atom stereocenters. The van der Waals surface area contributed by atoms with Gasteiger partial charge in [0.25, 0.3) is 0 Å². The van der Waals surface area contributed by atoms with Crippen molar-refractivity contribution in [3.05, 3.63) is 24.0 Å². The van der Waals surface area contributed by atoms with Crippen molar-refractivity contribution in [2.24, 2.45) is 0 Å². The molecule has 0 spiro atoms. The van der Waals surface area contributed by atoms with Crippen LogP contribution in [0, 0.1) is 5.82 Å². The summed E-state index contributed by atoms with van der Waals surface area (Å²) < 4.78 is 44.5. The molecule has 5 nitrogen and oxygen atoms in total. The Labute approximate surface area is 112 Å². The summed E-state index contributed by atoms with van der Waals surface area (Å²) in [7, 11) is -0.241. The number of ether oxygens (including phenoxy) is 1. The normalized spacial score (nSPS) is 18.5. The largest absolute Gasteiger partial charge is 0.494 e. The third-order valence-corrected chi connectivity index (χ3v) is 5.23. The first-order valence-corrected chi connectivity index (χ1v) is 7.54.